The first-order valence-electron chi connectivity index (χ1n) is 8.51. The van der Waals surface area contributed by atoms with Crippen LogP contribution < -0.4 is 10.9 Å². The molecule has 1 aromatic carbocycles. The van der Waals surface area contributed by atoms with Crippen LogP contribution in [0.2, 0.25) is 0 Å². The summed E-state index contributed by atoms with van der Waals surface area (Å²) in [6.45, 7) is 2.51. The lowest BCUT2D eigenvalue weighted by atomic mass is 10.1. The Labute approximate surface area is 163 Å². The lowest BCUT2D eigenvalue weighted by Crippen LogP contribution is -2.27. The van der Waals surface area contributed by atoms with Crippen molar-refractivity contribution in [3.05, 3.63) is 73.6 Å². The number of pyridine rings is 1. The molecule has 4 rings (SSSR count). The highest BCUT2D eigenvalue weighted by Gasteiger charge is 2.12. The van der Waals surface area contributed by atoms with Gasteiger partial charge in [-0.1, -0.05) is 18.2 Å². The molecule has 3 aromatic heterocycles. The minimum absolute atomic E-state index is 0.232. The molecule has 0 saturated carbocycles. The first-order valence-corrected chi connectivity index (χ1v) is 10.2. The van der Waals surface area contributed by atoms with Crippen molar-refractivity contribution >= 4 is 39.5 Å². The fourth-order valence-electron chi connectivity index (χ4n) is 2.91. The second-order valence-electron chi connectivity index (χ2n) is 6.12. The number of aromatic amines is 1. The van der Waals surface area contributed by atoms with Gasteiger partial charge in [-0.2, -0.15) is 0 Å². The Kier molecular flexibility index (Phi) is 4.87. The van der Waals surface area contributed by atoms with Crippen LogP contribution >= 0.6 is 22.7 Å². The van der Waals surface area contributed by atoms with E-state index in [9.17, 15) is 9.59 Å². The maximum Gasteiger partial charge on any atom is 0.252 e. The first kappa shape index (κ1) is 17.6. The maximum absolute atomic E-state index is 12.6. The number of nitrogens with zero attached hydrogens (tertiary/aromatic N) is 1. The molecule has 1 amide bonds. The van der Waals surface area contributed by atoms with Gasteiger partial charge in [0.1, 0.15) is 0 Å². The number of aryl methyl sites for hydroxylation is 1. The molecule has 4 aromatic rings. The molecule has 7 heteroatoms. The van der Waals surface area contributed by atoms with Crippen molar-refractivity contribution < 1.29 is 4.79 Å². The summed E-state index contributed by atoms with van der Waals surface area (Å²) in [7, 11) is 0. The van der Waals surface area contributed by atoms with Gasteiger partial charge in [0.2, 0.25) is 5.56 Å². The predicted molar refractivity (Wildman–Crippen MR) is 111 cm³/mol. The maximum atomic E-state index is 12.6. The quantitative estimate of drug-likeness (QED) is 0.536. The number of para-hydroxylation sites is 1. The molecule has 0 radical (unpaired) electrons. The molecule has 27 heavy (non-hydrogen) atoms. The zero-order valence-electron chi connectivity index (χ0n) is 14.6. The van der Waals surface area contributed by atoms with Gasteiger partial charge in [0, 0.05) is 33.8 Å². The van der Waals surface area contributed by atoms with Crippen LogP contribution in [0.4, 0.5) is 0 Å². The van der Waals surface area contributed by atoms with E-state index in [1.54, 1.807) is 28.7 Å². The molecule has 0 spiro atoms. The molecule has 5 nitrogen and oxygen atoms in total. The number of hydrogen-bond acceptors (Lipinski definition) is 5. The zero-order chi connectivity index (χ0) is 18.8. The van der Waals surface area contributed by atoms with E-state index < -0.39 is 0 Å². The molecular formula is C20H17N3O2S2. The highest BCUT2D eigenvalue weighted by atomic mass is 32.1. The molecule has 0 atom stereocenters. The average Bonchev–Trinajstić information content (AvgIpc) is 3.29. The molecule has 2 N–H and O–H groups in total. The molecule has 0 bridgehead atoms. The van der Waals surface area contributed by atoms with Gasteiger partial charge in [0.15, 0.2) is 0 Å². The third kappa shape index (κ3) is 3.84. The second-order valence-corrected chi connectivity index (χ2v) is 8.35. The number of amides is 1. The number of H-pyrrole nitrogens is 1. The summed E-state index contributed by atoms with van der Waals surface area (Å²) in [6, 6.07) is 12.8. The van der Waals surface area contributed by atoms with Crippen molar-refractivity contribution in [2.75, 3.05) is 6.54 Å². The first-order chi connectivity index (χ1) is 13.1. The number of thiazole rings is 1. The minimum Gasteiger partial charge on any atom is -0.352 e. The SMILES string of the molecule is Cc1nc(-c2ccc(CCNC(=O)c3cc(=O)[nH]c4ccccc34)s2)cs1. The van der Waals surface area contributed by atoms with Crippen LogP contribution in [0, 0.1) is 6.92 Å². The third-order valence-electron chi connectivity index (χ3n) is 4.19. The van der Waals surface area contributed by atoms with Crippen LogP contribution in [-0.4, -0.2) is 22.4 Å². The molecule has 0 unspecified atom stereocenters. The molecule has 0 aliphatic heterocycles. The van der Waals surface area contributed by atoms with Gasteiger partial charge >= 0.3 is 0 Å². The number of nitrogens with one attached hydrogen (secondary N) is 2. The second kappa shape index (κ2) is 7.46. The number of rotatable bonds is 5. The number of fused-ring (bicyclic) bond motifs is 1. The Morgan fingerprint density at radius 1 is 1.22 bits per heavy atom. The summed E-state index contributed by atoms with van der Waals surface area (Å²) >= 11 is 3.33. The van der Waals surface area contributed by atoms with E-state index in [-0.39, 0.29) is 11.5 Å². The van der Waals surface area contributed by atoms with Crippen molar-refractivity contribution in [2.24, 2.45) is 0 Å². The molecule has 0 fully saturated rings. The summed E-state index contributed by atoms with van der Waals surface area (Å²) in [5.41, 5.74) is 1.80. The fraction of sp³-hybridized carbons (Fsp3) is 0.150. The number of hydrogen-bond donors (Lipinski definition) is 2. The highest BCUT2D eigenvalue weighted by Crippen LogP contribution is 2.29. The summed E-state index contributed by atoms with van der Waals surface area (Å²) in [6.07, 6.45) is 0.737. The Morgan fingerprint density at radius 2 is 2.07 bits per heavy atom. The van der Waals surface area contributed by atoms with Crippen molar-refractivity contribution in [3.63, 3.8) is 0 Å². The number of benzene rings is 1. The number of thiophene rings is 1. The number of aromatic nitrogens is 2. The van der Waals surface area contributed by atoms with E-state index in [1.807, 2.05) is 25.1 Å². The van der Waals surface area contributed by atoms with Crippen molar-refractivity contribution in [1.82, 2.24) is 15.3 Å². The summed E-state index contributed by atoms with van der Waals surface area (Å²) in [5, 5.41) is 6.78. The van der Waals surface area contributed by atoms with Crippen molar-refractivity contribution in [2.45, 2.75) is 13.3 Å². The van der Waals surface area contributed by atoms with Gasteiger partial charge < -0.3 is 10.3 Å². The Hall–Kier alpha value is -2.77. The summed E-state index contributed by atoms with van der Waals surface area (Å²) in [5.74, 6) is -0.232. The van der Waals surface area contributed by atoms with Gasteiger partial charge in [-0.3, -0.25) is 9.59 Å². The normalized spacial score (nSPS) is 11.0. The number of carbonyl (C=O) groups is 1. The fourth-order valence-corrected chi connectivity index (χ4v) is 4.57. The lowest BCUT2D eigenvalue weighted by molar-refractivity contribution is 0.0955. The van der Waals surface area contributed by atoms with Crippen molar-refractivity contribution in [1.29, 1.82) is 0 Å². The Morgan fingerprint density at radius 3 is 2.89 bits per heavy atom. The summed E-state index contributed by atoms with van der Waals surface area (Å²) < 4.78 is 0. The van der Waals surface area contributed by atoms with E-state index in [0.717, 1.165) is 27.4 Å². The van der Waals surface area contributed by atoms with E-state index in [1.165, 1.54) is 10.9 Å². The zero-order valence-corrected chi connectivity index (χ0v) is 16.2. The average molecular weight is 396 g/mol. The van der Waals surface area contributed by atoms with E-state index in [4.69, 9.17) is 0 Å². The molecule has 0 aliphatic rings. The molecule has 0 saturated heterocycles. The topological polar surface area (TPSA) is 74.8 Å². The smallest absolute Gasteiger partial charge is 0.252 e. The summed E-state index contributed by atoms with van der Waals surface area (Å²) in [4.78, 5) is 33.9. The number of carbonyl (C=O) groups excluding carboxylic acids is 1. The van der Waals surface area contributed by atoms with Gasteiger partial charge in [-0.05, 0) is 31.5 Å². The molecule has 136 valence electrons. The lowest BCUT2D eigenvalue weighted by Gasteiger charge is -2.07. The highest BCUT2D eigenvalue weighted by molar-refractivity contribution is 7.16. The van der Waals surface area contributed by atoms with Gasteiger partial charge in [-0.25, -0.2) is 4.98 Å². The molecule has 3 heterocycles. The van der Waals surface area contributed by atoms with E-state index in [0.29, 0.717) is 17.6 Å². The van der Waals surface area contributed by atoms with Crippen LogP contribution in [0.15, 0.2) is 52.6 Å². The van der Waals surface area contributed by atoms with Crippen LogP contribution in [0.3, 0.4) is 0 Å². The standard InChI is InChI=1S/C20H17N3O2S2/c1-12-22-17(11-26-12)18-7-6-13(27-18)8-9-21-20(25)15-10-19(24)23-16-5-3-2-4-14(15)16/h2-7,10-11H,8-9H2,1H3,(H,21,25)(H,23,24). The third-order valence-corrected chi connectivity index (χ3v) is 6.13. The van der Waals surface area contributed by atoms with Gasteiger partial charge in [-0.15, -0.1) is 22.7 Å². The van der Waals surface area contributed by atoms with Crippen LogP contribution in [0.1, 0.15) is 20.2 Å². The minimum atomic E-state index is -0.277. The molecule has 0 aliphatic carbocycles. The van der Waals surface area contributed by atoms with Crippen LogP contribution in [0.25, 0.3) is 21.5 Å². The molecular weight excluding hydrogens is 378 g/mol. The largest absolute Gasteiger partial charge is 0.352 e. The van der Waals surface area contributed by atoms with Gasteiger partial charge in [0.05, 0.1) is 21.1 Å². The van der Waals surface area contributed by atoms with Gasteiger partial charge in [0.25, 0.3) is 5.91 Å². The Balaban J connectivity index is 1.43. The van der Waals surface area contributed by atoms with E-state index in [2.05, 4.69) is 32.8 Å². The predicted octanol–water partition coefficient (Wildman–Crippen LogP) is 3.99. The van der Waals surface area contributed by atoms with Crippen molar-refractivity contribution in [3.8, 4) is 10.6 Å². The monoisotopic (exact) mass is 395 g/mol. The van der Waals surface area contributed by atoms with Crippen LogP contribution in [0.5, 0.6) is 0 Å². The van der Waals surface area contributed by atoms with E-state index >= 15 is 0 Å². The Bertz CT molecular complexity index is 1170. The van der Waals surface area contributed by atoms with Crippen LogP contribution in [-0.2, 0) is 6.42 Å².